The van der Waals surface area contributed by atoms with Crippen molar-refractivity contribution in [2.24, 2.45) is 5.41 Å². The monoisotopic (exact) mass is 773 g/mol. The Kier molecular flexibility index (Phi) is 30.6. The highest BCUT2D eigenvalue weighted by atomic mass is 16.5. The summed E-state index contributed by atoms with van der Waals surface area (Å²) in [6, 6.07) is 22.2. The summed E-state index contributed by atoms with van der Waals surface area (Å²) in [5.41, 5.74) is 1.95. The Morgan fingerprint density at radius 2 is 0.582 bits per heavy atom. The van der Waals surface area contributed by atoms with Gasteiger partial charge in [-0.25, -0.2) is 0 Å². The van der Waals surface area contributed by atoms with Crippen LogP contribution in [-0.2, 0) is 43.3 Å². The summed E-state index contributed by atoms with van der Waals surface area (Å²) in [6.45, 7) is 19.2. The second-order valence-corrected chi connectivity index (χ2v) is 14.6. The van der Waals surface area contributed by atoms with E-state index in [0.717, 1.165) is 110 Å². The molecule has 0 aliphatic heterocycles. The average molecular weight is 773 g/mol. The summed E-state index contributed by atoms with van der Waals surface area (Å²) in [5, 5.41) is 0. The standard InChI is InChI=1S/C47H80O8/c1-5-9-28-48-36-37-52-32-19-24-47(44-20-15-13-16-21-44,45-22-17-14-18-23-45)46(25-33-53-41-38-49-29-10-6-2,26-34-54-42-39-50-30-11-7-3)27-35-55-43-40-51-31-12-8-4/h13-18,20-23H,5-12,19,24-43H2,1-4H3. The Morgan fingerprint density at radius 1 is 0.309 bits per heavy atom. The Hall–Kier alpha value is -1.88. The van der Waals surface area contributed by atoms with E-state index in [1.54, 1.807) is 0 Å². The van der Waals surface area contributed by atoms with Crippen LogP contribution in [0.1, 0.15) is 122 Å². The minimum atomic E-state index is -0.376. The molecule has 0 saturated heterocycles. The van der Waals surface area contributed by atoms with Crippen LogP contribution >= 0.6 is 0 Å². The van der Waals surface area contributed by atoms with Gasteiger partial charge in [-0.3, -0.25) is 0 Å². The van der Waals surface area contributed by atoms with Crippen molar-refractivity contribution in [1.82, 2.24) is 0 Å². The molecule has 0 spiro atoms. The van der Waals surface area contributed by atoms with Gasteiger partial charge < -0.3 is 37.9 Å². The molecule has 8 nitrogen and oxygen atoms in total. The fraction of sp³-hybridized carbons (Fsp3) is 0.745. The highest BCUT2D eigenvalue weighted by molar-refractivity contribution is 5.43. The molecule has 55 heavy (non-hydrogen) atoms. The normalized spacial score (nSPS) is 12.1. The van der Waals surface area contributed by atoms with E-state index in [-0.39, 0.29) is 10.8 Å². The van der Waals surface area contributed by atoms with E-state index in [2.05, 4.69) is 88.4 Å². The maximum absolute atomic E-state index is 6.41. The molecule has 0 bridgehead atoms. The van der Waals surface area contributed by atoms with Crippen LogP contribution in [0.4, 0.5) is 0 Å². The Morgan fingerprint density at radius 3 is 0.873 bits per heavy atom. The number of ether oxygens (including phenoxy) is 8. The second kappa shape index (κ2) is 34.2. The summed E-state index contributed by atoms with van der Waals surface area (Å²) < 4.78 is 48.9. The average Bonchev–Trinajstić information content (AvgIpc) is 3.22. The fourth-order valence-corrected chi connectivity index (χ4v) is 7.31. The first kappa shape index (κ1) is 49.3. The van der Waals surface area contributed by atoms with E-state index in [4.69, 9.17) is 37.9 Å². The fourth-order valence-electron chi connectivity index (χ4n) is 7.31. The first-order valence-electron chi connectivity index (χ1n) is 21.9. The van der Waals surface area contributed by atoms with Crippen LogP contribution in [0.5, 0.6) is 0 Å². The number of hydrogen-bond acceptors (Lipinski definition) is 8. The lowest BCUT2D eigenvalue weighted by atomic mass is 9.51. The van der Waals surface area contributed by atoms with Gasteiger partial charge in [-0.15, -0.1) is 0 Å². The third kappa shape index (κ3) is 20.4. The van der Waals surface area contributed by atoms with E-state index in [9.17, 15) is 0 Å². The topological polar surface area (TPSA) is 73.8 Å². The van der Waals surface area contributed by atoms with Crippen molar-refractivity contribution in [3.63, 3.8) is 0 Å². The van der Waals surface area contributed by atoms with Gasteiger partial charge in [0.1, 0.15) is 0 Å². The molecular formula is C47H80O8. The van der Waals surface area contributed by atoms with Crippen LogP contribution in [0, 0.1) is 5.41 Å². The number of rotatable bonds is 40. The minimum absolute atomic E-state index is 0.284. The molecule has 0 aliphatic carbocycles. The molecule has 2 aromatic rings. The molecule has 316 valence electrons. The van der Waals surface area contributed by atoms with Crippen molar-refractivity contribution in [2.45, 2.75) is 117 Å². The first-order valence-corrected chi connectivity index (χ1v) is 21.9. The summed E-state index contributed by atoms with van der Waals surface area (Å²) in [6.07, 6.45) is 13.1. The van der Waals surface area contributed by atoms with E-state index in [0.29, 0.717) is 79.3 Å². The zero-order chi connectivity index (χ0) is 39.4. The number of benzene rings is 2. The van der Waals surface area contributed by atoms with Gasteiger partial charge in [-0.05, 0) is 74.3 Å². The van der Waals surface area contributed by atoms with E-state index >= 15 is 0 Å². The summed E-state index contributed by atoms with van der Waals surface area (Å²) in [4.78, 5) is 0. The molecule has 0 heterocycles. The first-order chi connectivity index (χ1) is 27.2. The molecule has 2 rings (SSSR count). The van der Waals surface area contributed by atoms with Crippen LogP contribution < -0.4 is 0 Å². The van der Waals surface area contributed by atoms with Crippen LogP contribution in [0.25, 0.3) is 0 Å². The molecule has 0 atom stereocenters. The van der Waals surface area contributed by atoms with Gasteiger partial charge in [0.25, 0.3) is 0 Å². The van der Waals surface area contributed by atoms with Gasteiger partial charge in [0, 0.05) is 58.3 Å². The molecule has 2 aromatic carbocycles. The smallest absolute Gasteiger partial charge is 0.0700 e. The van der Waals surface area contributed by atoms with Crippen molar-refractivity contribution in [1.29, 1.82) is 0 Å². The largest absolute Gasteiger partial charge is 0.379 e. The summed E-state index contributed by atoms with van der Waals surface area (Å²) >= 11 is 0. The van der Waals surface area contributed by atoms with Gasteiger partial charge in [-0.2, -0.15) is 0 Å². The van der Waals surface area contributed by atoms with Crippen molar-refractivity contribution in [3.8, 4) is 0 Å². The van der Waals surface area contributed by atoms with E-state index in [1.807, 2.05) is 0 Å². The maximum Gasteiger partial charge on any atom is 0.0700 e. The van der Waals surface area contributed by atoms with Crippen molar-refractivity contribution in [2.75, 3.05) is 106 Å². The number of unbranched alkanes of at least 4 members (excludes halogenated alkanes) is 4. The van der Waals surface area contributed by atoms with Gasteiger partial charge in [0.15, 0.2) is 0 Å². The molecule has 0 unspecified atom stereocenters. The van der Waals surface area contributed by atoms with Gasteiger partial charge in [-0.1, -0.05) is 114 Å². The maximum atomic E-state index is 6.41. The SMILES string of the molecule is CCCCOCCOCCCC(c1ccccc1)(c1ccccc1)C(CCOCCOCCCC)(CCOCCOCCCC)CCOCCOCCCC. The molecule has 0 aromatic heterocycles. The molecule has 0 amide bonds. The molecular weight excluding hydrogens is 693 g/mol. The minimum Gasteiger partial charge on any atom is -0.379 e. The van der Waals surface area contributed by atoms with Crippen molar-refractivity contribution >= 4 is 0 Å². The zero-order valence-electron chi connectivity index (χ0n) is 35.5. The van der Waals surface area contributed by atoms with Crippen LogP contribution in [0.15, 0.2) is 60.7 Å². The molecule has 0 fully saturated rings. The predicted octanol–water partition coefficient (Wildman–Crippen LogP) is 10.2. The summed E-state index contributed by atoms with van der Waals surface area (Å²) in [7, 11) is 0. The van der Waals surface area contributed by atoms with E-state index in [1.165, 1.54) is 11.1 Å². The lowest BCUT2D eigenvalue weighted by Gasteiger charge is -2.53. The Bertz CT molecular complexity index is 995. The third-order valence-electron chi connectivity index (χ3n) is 10.5. The summed E-state index contributed by atoms with van der Waals surface area (Å²) in [5.74, 6) is 0. The van der Waals surface area contributed by atoms with Crippen LogP contribution in [0.2, 0.25) is 0 Å². The molecule has 0 radical (unpaired) electrons. The quantitative estimate of drug-likeness (QED) is 0.0620. The van der Waals surface area contributed by atoms with Gasteiger partial charge in [0.2, 0.25) is 0 Å². The second-order valence-electron chi connectivity index (χ2n) is 14.6. The van der Waals surface area contributed by atoms with Crippen LogP contribution in [-0.4, -0.2) is 106 Å². The molecule has 0 saturated carbocycles. The van der Waals surface area contributed by atoms with Crippen molar-refractivity contribution < 1.29 is 37.9 Å². The van der Waals surface area contributed by atoms with E-state index < -0.39 is 0 Å². The Balaban J connectivity index is 2.48. The molecule has 0 aliphatic rings. The van der Waals surface area contributed by atoms with Crippen molar-refractivity contribution in [3.05, 3.63) is 71.8 Å². The van der Waals surface area contributed by atoms with Gasteiger partial charge in [0.05, 0.1) is 52.9 Å². The lowest BCUT2D eigenvalue weighted by molar-refractivity contribution is -0.0309. The molecule has 0 N–H and O–H groups in total. The molecule has 8 heteroatoms. The van der Waals surface area contributed by atoms with Crippen LogP contribution in [0.3, 0.4) is 0 Å². The predicted molar refractivity (Wildman–Crippen MR) is 225 cm³/mol. The third-order valence-corrected chi connectivity index (χ3v) is 10.5. The highest BCUT2D eigenvalue weighted by Crippen LogP contribution is 2.56. The van der Waals surface area contributed by atoms with Gasteiger partial charge >= 0.3 is 0 Å². The highest BCUT2D eigenvalue weighted by Gasteiger charge is 2.52. The zero-order valence-corrected chi connectivity index (χ0v) is 35.5. The lowest BCUT2D eigenvalue weighted by Crippen LogP contribution is -2.49. The Labute approximate surface area is 336 Å². The number of hydrogen-bond donors (Lipinski definition) is 0.